The molecular weight excluding hydrogens is 330 g/mol. The molecule has 26 heavy (non-hydrogen) atoms. The highest BCUT2D eigenvalue weighted by atomic mass is 15.4. The van der Waals surface area contributed by atoms with Crippen molar-refractivity contribution in [1.29, 1.82) is 0 Å². The van der Waals surface area contributed by atoms with Crippen LogP contribution in [0.25, 0.3) is 0 Å². The molecule has 3 atom stereocenters. The van der Waals surface area contributed by atoms with Gasteiger partial charge in [-0.2, -0.15) is 15.0 Å². The second-order valence-electron chi connectivity index (χ2n) is 7.78. The Labute approximate surface area is 154 Å². The third kappa shape index (κ3) is 4.16. The number of nitrogens with two attached hydrogens (primary N) is 2. The molecule has 0 radical (unpaired) electrons. The molecule has 9 heteroatoms. The van der Waals surface area contributed by atoms with Gasteiger partial charge in [0.25, 0.3) is 0 Å². The first-order valence-corrected chi connectivity index (χ1v) is 9.91. The number of anilines is 3. The standard InChI is InChI=1S/C17H31N9/c18-12-3-1-7-25(10-12)16-22-15(19)23-17(24-16)26-8-2-4-14(11-26)21-13-5-6-20-9-13/h12-14,20-21H,1-11,18H2,(H2,19,22,23,24). The zero-order valence-electron chi connectivity index (χ0n) is 15.4. The Morgan fingerprint density at radius 1 is 0.923 bits per heavy atom. The van der Waals surface area contributed by atoms with Gasteiger partial charge in [0.15, 0.2) is 0 Å². The lowest BCUT2D eigenvalue weighted by Gasteiger charge is -2.35. The van der Waals surface area contributed by atoms with E-state index >= 15 is 0 Å². The van der Waals surface area contributed by atoms with E-state index in [1.54, 1.807) is 0 Å². The maximum Gasteiger partial charge on any atom is 0.232 e. The molecule has 6 N–H and O–H groups in total. The average Bonchev–Trinajstić information content (AvgIpc) is 3.14. The van der Waals surface area contributed by atoms with Gasteiger partial charge in [-0.25, -0.2) is 0 Å². The SMILES string of the molecule is Nc1nc(N2CCCC(N)C2)nc(N2CCCC(NC3CCNC3)C2)n1. The van der Waals surface area contributed by atoms with Gasteiger partial charge in [0.05, 0.1) is 0 Å². The molecule has 4 heterocycles. The molecule has 0 saturated carbocycles. The summed E-state index contributed by atoms with van der Waals surface area (Å²) in [6.07, 6.45) is 5.65. The zero-order chi connectivity index (χ0) is 17.9. The van der Waals surface area contributed by atoms with Crippen molar-refractivity contribution in [1.82, 2.24) is 25.6 Å². The van der Waals surface area contributed by atoms with E-state index in [4.69, 9.17) is 16.5 Å². The van der Waals surface area contributed by atoms with Crippen molar-refractivity contribution in [3.8, 4) is 0 Å². The fourth-order valence-electron chi connectivity index (χ4n) is 4.27. The molecule has 9 nitrogen and oxygen atoms in total. The zero-order valence-corrected chi connectivity index (χ0v) is 15.4. The minimum atomic E-state index is 0.175. The average molecular weight is 361 g/mol. The monoisotopic (exact) mass is 361 g/mol. The predicted octanol–water partition coefficient (Wildman–Crippen LogP) is -0.698. The quantitative estimate of drug-likeness (QED) is 0.551. The van der Waals surface area contributed by atoms with Crippen LogP contribution in [0.5, 0.6) is 0 Å². The van der Waals surface area contributed by atoms with Gasteiger partial charge in [0, 0.05) is 50.8 Å². The molecule has 3 aliphatic rings. The van der Waals surface area contributed by atoms with Gasteiger partial charge >= 0.3 is 0 Å². The Hall–Kier alpha value is -1.71. The molecule has 0 aliphatic carbocycles. The first-order chi connectivity index (χ1) is 12.7. The van der Waals surface area contributed by atoms with Crippen molar-refractivity contribution in [2.24, 2.45) is 5.73 Å². The Balaban J connectivity index is 1.45. The smallest absolute Gasteiger partial charge is 0.232 e. The molecule has 4 rings (SSSR count). The van der Waals surface area contributed by atoms with Crippen LogP contribution in [-0.4, -0.2) is 72.3 Å². The van der Waals surface area contributed by atoms with Crippen LogP contribution in [0.4, 0.5) is 17.8 Å². The highest BCUT2D eigenvalue weighted by Crippen LogP contribution is 2.22. The van der Waals surface area contributed by atoms with Crippen LogP contribution in [-0.2, 0) is 0 Å². The highest BCUT2D eigenvalue weighted by molar-refractivity contribution is 5.44. The molecule has 3 aliphatic heterocycles. The molecule has 1 aromatic heterocycles. The van der Waals surface area contributed by atoms with E-state index in [2.05, 4.69) is 30.4 Å². The van der Waals surface area contributed by atoms with Gasteiger partial charge < -0.3 is 31.9 Å². The second kappa shape index (κ2) is 7.89. The Kier molecular flexibility index (Phi) is 5.37. The summed E-state index contributed by atoms with van der Waals surface area (Å²) in [6, 6.07) is 1.22. The Bertz CT molecular complexity index is 604. The van der Waals surface area contributed by atoms with Crippen LogP contribution in [0.2, 0.25) is 0 Å². The van der Waals surface area contributed by atoms with Crippen molar-refractivity contribution in [3.63, 3.8) is 0 Å². The number of aromatic nitrogens is 3. The maximum absolute atomic E-state index is 6.11. The van der Waals surface area contributed by atoms with E-state index in [1.165, 1.54) is 12.8 Å². The number of hydrogen-bond acceptors (Lipinski definition) is 9. The lowest BCUT2D eigenvalue weighted by molar-refractivity contribution is 0.380. The van der Waals surface area contributed by atoms with E-state index in [9.17, 15) is 0 Å². The first kappa shape index (κ1) is 17.7. The number of nitrogens with one attached hydrogen (secondary N) is 2. The predicted molar refractivity (Wildman–Crippen MR) is 103 cm³/mol. The normalized spacial score (nSPS) is 30.0. The van der Waals surface area contributed by atoms with Crippen molar-refractivity contribution < 1.29 is 0 Å². The highest BCUT2D eigenvalue weighted by Gasteiger charge is 2.27. The van der Waals surface area contributed by atoms with Gasteiger partial charge in [-0.05, 0) is 38.6 Å². The van der Waals surface area contributed by atoms with Gasteiger partial charge in [0.2, 0.25) is 17.8 Å². The number of rotatable bonds is 4. The molecular formula is C17H31N9. The van der Waals surface area contributed by atoms with E-state index in [1.807, 2.05) is 0 Å². The van der Waals surface area contributed by atoms with Gasteiger partial charge in [-0.15, -0.1) is 0 Å². The summed E-state index contributed by atoms with van der Waals surface area (Å²) >= 11 is 0. The summed E-state index contributed by atoms with van der Waals surface area (Å²) in [7, 11) is 0. The summed E-state index contributed by atoms with van der Waals surface area (Å²) < 4.78 is 0. The summed E-state index contributed by atoms with van der Waals surface area (Å²) in [5.41, 5.74) is 12.1. The van der Waals surface area contributed by atoms with E-state index < -0.39 is 0 Å². The molecule has 0 spiro atoms. The summed E-state index contributed by atoms with van der Waals surface area (Å²) in [5, 5.41) is 7.20. The number of hydrogen-bond donors (Lipinski definition) is 4. The third-order valence-corrected chi connectivity index (χ3v) is 5.61. The van der Waals surface area contributed by atoms with E-state index in [0.717, 1.165) is 58.5 Å². The third-order valence-electron chi connectivity index (χ3n) is 5.61. The Morgan fingerprint density at radius 2 is 1.65 bits per heavy atom. The van der Waals surface area contributed by atoms with Gasteiger partial charge in [-0.1, -0.05) is 0 Å². The molecule has 0 amide bonds. The lowest BCUT2D eigenvalue weighted by Crippen LogP contribution is -2.50. The van der Waals surface area contributed by atoms with Crippen molar-refractivity contribution in [3.05, 3.63) is 0 Å². The fraction of sp³-hybridized carbons (Fsp3) is 0.824. The summed E-state index contributed by atoms with van der Waals surface area (Å²) in [4.78, 5) is 17.9. The molecule has 144 valence electrons. The van der Waals surface area contributed by atoms with Crippen molar-refractivity contribution in [2.45, 2.75) is 50.2 Å². The van der Waals surface area contributed by atoms with Gasteiger partial charge in [0.1, 0.15) is 0 Å². The first-order valence-electron chi connectivity index (χ1n) is 9.91. The molecule has 3 saturated heterocycles. The molecule has 3 fully saturated rings. The van der Waals surface area contributed by atoms with Crippen LogP contribution in [0.15, 0.2) is 0 Å². The second-order valence-corrected chi connectivity index (χ2v) is 7.78. The van der Waals surface area contributed by atoms with Crippen molar-refractivity contribution in [2.75, 3.05) is 54.8 Å². The van der Waals surface area contributed by atoms with Crippen LogP contribution in [0, 0.1) is 0 Å². The largest absolute Gasteiger partial charge is 0.368 e. The molecule has 1 aromatic rings. The van der Waals surface area contributed by atoms with Crippen LogP contribution in [0.3, 0.4) is 0 Å². The maximum atomic E-state index is 6.11. The van der Waals surface area contributed by atoms with Crippen LogP contribution >= 0.6 is 0 Å². The van der Waals surface area contributed by atoms with Gasteiger partial charge in [-0.3, -0.25) is 0 Å². The van der Waals surface area contributed by atoms with Crippen molar-refractivity contribution >= 4 is 17.8 Å². The minimum absolute atomic E-state index is 0.175. The number of nitrogen functional groups attached to an aromatic ring is 1. The number of nitrogens with zero attached hydrogens (tertiary/aromatic N) is 5. The topological polar surface area (TPSA) is 121 Å². The molecule has 0 bridgehead atoms. The summed E-state index contributed by atoms with van der Waals surface area (Å²) in [6.45, 7) is 5.76. The Morgan fingerprint density at radius 3 is 2.35 bits per heavy atom. The van der Waals surface area contributed by atoms with E-state index in [-0.39, 0.29) is 6.04 Å². The minimum Gasteiger partial charge on any atom is -0.368 e. The molecule has 3 unspecified atom stereocenters. The lowest BCUT2D eigenvalue weighted by atomic mass is 10.0. The van der Waals surface area contributed by atoms with E-state index in [0.29, 0.717) is 29.9 Å². The molecule has 0 aromatic carbocycles. The van der Waals surface area contributed by atoms with Crippen LogP contribution in [0.1, 0.15) is 32.1 Å². The number of piperidine rings is 2. The fourth-order valence-corrected chi connectivity index (χ4v) is 4.27. The summed E-state index contributed by atoms with van der Waals surface area (Å²) in [5.74, 6) is 1.65. The van der Waals surface area contributed by atoms with Crippen LogP contribution < -0.4 is 31.9 Å².